The van der Waals surface area contributed by atoms with Crippen LogP contribution < -0.4 is 14.8 Å². The van der Waals surface area contributed by atoms with Gasteiger partial charge in [-0.3, -0.25) is 4.79 Å². The van der Waals surface area contributed by atoms with Gasteiger partial charge in [0.05, 0.1) is 14.2 Å². The minimum atomic E-state index is -0.193. The zero-order valence-corrected chi connectivity index (χ0v) is 15.4. The van der Waals surface area contributed by atoms with Crippen molar-refractivity contribution in [3.05, 3.63) is 59.7 Å². The smallest absolute Gasteiger partial charge is 0.248 e. The van der Waals surface area contributed by atoms with E-state index in [1.807, 2.05) is 42.5 Å². The molecule has 0 saturated heterocycles. The third-order valence-electron chi connectivity index (χ3n) is 3.84. The number of amides is 1. The van der Waals surface area contributed by atoms with Crippen LogP contribution in [0.1, 0.15) is 31.9 Å². The molecule has 0 heterocycles. The SMILES string of the molecule is COc1cccc(/C=C/C(=O)Nc2ccccc2C(C)(C)C)c1OC. The standard InChI is InChI=1S/C21H25NO3/c1-21(2,3)16-10-6-7-11-17(16)22-19(23)14-13-15-9-8-12-18(24-4)20(15)25-5/h6-14H,1-5H3,(H,22,23)/b14-13+. The molecule has 1 amide bonds. The normalized spacial score (nSPS) is 11.4. The van der Waals surface area contributed by atoms with Gasteiger partial charge in [0.25, 0.3) is 0 Å². The number of hydrogen-bond acceptors (Lipinski definition) is 3. The molecule has 0 aromatic heterocycles. The second kappa shape index (κ2) is 7.88. The molecule has 0 unspecified atom stereocenters. The number of anilines is 1. The summed E-state index contributed by atoms with van der Waals surface area (Å²) >= 11 is 0. The number of carbonyl (C=O) groups is 1. The van der Waals surface area contributed by atoms with Crippen molar-refractivity contribution in [3.63, 3.8) is 0 Å². The van der Waals surface area contributed by atoms with Crippen LogP contribution in [0.2, 0.25) is 0 Å². The largest absolute Gasteiger partial charge is 0.493 e. The van der Waals surface area contributed by atoms with E-state index in [0.29, 0.717) is 11.5 Å². The number of methoxy groups -OCH3 is 2. The fourth-order valence-corrected chi connectivity index (χ4v) is 2.63. The fourth-order valence-electron chi connectivity index (χ4n) is 2.63. The molecule has 0 spiro atoms. The van der Waals surface area contributed by atoms with E-state index in [1.165, 1.54) is 6.08 Å². The summed E-state index contributed by atoms with van der Waals surface area (Å²) in [6.07, 6.45) is 3.22. The molecule has 0 bridgehead atoms. The molecule has 2 rings (SSSR count). The molecule has 0 atom stereocenters. The highest BCUT2D eigenvalue weighted by molar-refractivity contribution is 6.02. The maximum absolute atomic E-state index is 12.3. The van der Waals surface area contributed by atoms with Gasteiger partial charge in [-0.05, 0) is 29.2 Å². The van der Waals surface area contributed by atoms with Crippen molar-refractivity contribution in [2.24, 2.45) is 0 Å². The van der Waals surface area contributed by atoms with Crippen molar-refractivity contribution >= 4 is 17.7 Å². The minimum Gasteiger partial charge on any atom is -0.493 e. The van der Waals surface area contributed by atoms with Crippen LogP contribution in [0.15, 0.2) is 48.5 Å². The van der Waals surface area contributed by atoms with E-state index in [-0.39, 0.29) is 11.3 Å². The van der Waals surface area contributed by atoms with E-state index in [0.717, 1.165) is 16.8 Å². The second-order valence-electron chi connectivity index (χ2n) is 6.70. The monoisotopic (exact) mass is 339 g/mol. The Bertz CT molecular complexity index is 773. The van der Waals surface area contributed by atoms with Crippen molar-refractivity contribution in [2.45, 2.75) is 26.2 Å². The maximum Gasteiger partial charge on any atom is 0.248 e. The molecule has 0 saturated carbocycles. The Morgan fingerprint density at radius 2 is 1.72 bits per heavy atom. The average Bonchev–Trinajstić information content (AvgIpc) is 2.59. The summed E-state index contributed by atoms with van der Waals surface area (Å²) in [5.41, 5.74) is 2.64. The molecule has 132 valence electrons. The quantitative estimate of drug-likeness (QED) is 0.806. The molecule has 0 aliphatic carbocycles. The van der Waals surface area contributed by atoms with Gasteiger partial charge in [0.2, 0.25) is 5.91 Å². The lowest BCUT2D eigenvalue weighted by Gasteiger charge is -2.22. The third kappa shape index (κ3) is 4.63. The Hall–Kier alpha value is -2.75. The Kier molecular flexibility index (Phi) is 5.86. The van der Waals surface area contributed by atoms with Gasteiger partial charge in [-0.1, -0.05) is 51.1 Å². The van der Waals surface area contributed by atoms with Crippen LogP contribution in [0.3, 0.4) is 0 Å². The van der Waals surface area contributed by atoms with E-state index in [1.54, 1.807) is 20.3 Å². The third-order valence-corrected chi connectivity index (χ3v) is 3.84. The first-order chi connectivity index (χ1) is 11.9. The Balaban J connectivity index is 2.21. The highest BCUT2D eigenvalue weighted by Crippen LogP contribution is 2.32. The summed E-state index contributed by atoms with van der Waals surface area (Å²) < 4.78 is 10.6. The first kappa shape index (κ1) is 18.6. The number of nitrogens with one attached hydrogen (secondary N) is 1. The molecule has 1 N–H and O–H groups in total. The van der Waals surface area contributed by atoms with Crippen LogP contribution in [0.4, 0.5) is 5.69 Å². The van der Waals surface area contributed by atoms with Gasteiger partial charge in [-0.15, -0.1) is 0 Å². The summed E-state index contributed by atoms with van der Waals surface area (Å²) in [5.74, 6) is 1.04. The molecule has 4 nitrogen and oxygen atoms in total. The molecule has 0 radical (unpaired) electrons. The topological polar surface area (TPSA) is 47.6 Å². The van der Waals surface area contributed by atoms with Crippen molar-refractivity contribution in [1.29, 1.82) is 0 Å². The van der Waals surface area contributed by atoms with Gasteiger partial charge in [0.15, 0.2) is 11.5 Å². The van der Waals surface area contributed by atoms with Crippen molar-refractivity contribution in [1.82, 2.24) is 0 Å². The van der Waals surface area contributed by atoms with Crippen molar-refractivity contribution < 1.29 is 14.3 Å². The predicted octanol–water partition coefficient (Wildman–Crippen LogP) is 4.65. The van der Waals surface area contributed by atoms with Gasteiger partial charge >= 0.3 is 0 Å². The van der Waals surface area contributed by atoms with Crippen molar-refractivity contribution in [3.8, 4) is 11.5 Å². The van der Waals surface area contributed by atoms with Crippen LogP contribution in [0, 0.1) is 0 Å². The molecule has 0 aliphatic heterocycles. The molecule has 2 aromatic carbocycles. The van der Waals surface area contributed by atoms with Gasteiger partial charge < -0.3 is 14.8 Å². The summed E-state index contributed by atoms with van der Waals surface area (Å²) in [6.45, 7) is 6.36. The van der Waals surface area contributed by atoms with Gasteiger partial charge in [0.1, 0.15) is 0 Å². The summed E-state index contributed by atoms with van der Waals surface area (Å²) in [7, 11) is 3.16. The highest BCUT2D eigenvalue weighted by atomic mass is 16.5. The summed E-state index contributed by atoms with van der Waals surface area (Å²) in [4.78, 5) is 12.3. The molecular formula is C21H25NO3. The van der Waals surface area contributed by atoms with Gasteiger partial charge in [0, 0.05) is 17.3 Å². The van der Waals surface area contributed by atoms with Crippen LogP contribution in [-0.2, 0) is 10.2 Å². The number of carbonyl (C=O) groups excluding carboxylic acids is 1. The molecule has 25 heavy (non-hydrogen) atoms. The number of hydrogen-bond donors (Lipinski definition) is 1. The minimum absolute atomic E-state index is 0.0520. The van der Waals surface area contributed by atoms with Gasteiger partial charge in [-0.25, -0.2) is 0 Å². The molecule has 0 fully saturated rings. The Morgan fingerprint density at radius 1 is 1.00 bits per heavy atom. The maximum atomic E-state index is 12.3. The fraction of sp³-hybridized carbons (Fsp3) is 0.286. The zero-order chi connectivity index (χ0) is 18.4. The second-order valence-corrected chi connectivity index (χ2v) is 6.70. The molecule has 0 aliphatic rings. The lowest BCUT2D eigenvalue weighted by atomic mass is 9.86. The van der Waals surface area contributed by atoms with Gasteiger partial charge in [-0.2, -0.15) is 0 Å². The van der Waals surface area contributed by atoms with Crippen LogP contribution in [0.5, 0.6) is 11.5 Å². The zero-order valence-electron chi connectivity index (χ0n) is 15.4. The molecular weight excluding hydrogens is 314 g/mol. The van der Waals surface area contributed by atoms with Crippen LogP contribution in [-0.4, -0.2) is 20.1 Å². The summed E-state index contributed by atoms with van der Waals surface area (Å²) in [5, 5.41) is 2.96. The molecule has 4 heteroatoms. The van der Waals surface area contributed by atoms with E-state index in [9.17, 15) is 4.79 Å². The number of benzene rings is 2. The van der Waals surface area contributed by atoms with E-state index < -0.39 is 0 Å². The average molecular weight is 339 g/mol. The predicted molar refractivity (Wildman–Crippen MR) is 102 cm³/mol. The highest BCUT2D eigenvalue weighted by Gasteiger charge is 2.18. The number of rotatable bonds is 5. The first-order valence-corrected chi connectivity index (χ1v) is 8.16. The lowest BCUT2D eigenvalue weighted by molar-refractivity contribution is -0.111. The number of ether oxygens (including phenoxy) is 2. The van der Waals surface area contributed by atoms with E-state index in [2.05, 4.69) is 26.1 Å². The Morgan fingerprint density at radius 3 is 2.36 bits per heavy atom. The molecule has 2 aromatic rings. The Labute approximate surface area is 149 Å². The van der Waals surface area contributed by atoms with Crippen LogP contribution in [0.25, 0.3) is 6.08 Å². The van der Waals surface area contributed by atoms with E-state index >= 15 is 0 Å². The lowest BCUT2D eigenvalue weighted by Crippen LogP contribution is -2.17. The summed E-state index contributed by atoms with van der Waals surface area (Å²) in [6, 6.07) is 13.4. The van der Waals surface area contributed by atoms with E-state index in [4.69, 9.17) is 9.47 Å². The first-order valence-electron chi connectivity index (χ1n) is 8.16. The van der Waals surface area contributed by atoms with Crippen molar-refractivity contribution in [2.75, 3.05) is 19.5 Å². The van der Waals surface area contributed by atoms with Crippen LogP contribution >= 0.6 is 0 Å². The number of para-hydroxylation sites is 2.